The number of rotatable bonds is 27. The van der Waals surface area contributed by atoms with E-state index in [1.165, 1.54) is 31.8 Å². The molecule has 0 radical (unpaired) electrons. The number of unbranched alkanes of at least 4 members (excludes halogenated alkanes) is 8. The average molecular weight is 788 g/mol. The number of nitrogens with one attached hydrogen (secondary N) is 1. The van der Waals surface area contributed by atoms with E-state index >= 15 is 0 Å². The molecule has 4 N–H and O–H groups in total. The molecule has 0 saturated carbocycles. The second kappa shape index (κ2) is 23.8. The van der Waals surface area contributed by atoms with Gasteiger partial charge in [-0.15, -0.1) is 5.92 Å². The molecule has 2 rings (SSSR count). The van der Waals surface area contributed by atoms with Crippen LogP contribution in [-0.4, -0.2) is 85.3 Å². The van der Waals surface area contributed by atoms with Gasteiger partial charge in [0.2, 0.25) is 5.91 Å². The van der Waals surface area contributed by atoms with Crippen molar-refractivity contribution in [2.24, 2.45) is 5.92 Å². The summed E-state index contributed by atoms with van der Waals surface area (Å²) in [6, 6.07) is 5.39. The number of aliphatic hydroxyl groups is 1. The van der Waals surface area contributed by atoms with Gasteiger partial charge >= 0.3 is 11.9 Å². The molecule has 12 heteroatoms. The lowest BCUT2D eigenvalue weighted by Crippen LogP contribution is -2.55. The Hall–Kier alpha value is -3.21. The number of carboxylic acids is 2. The fraction of sp³-hybridized carbons (Fsp3) is 0.698. The molecule has 0 aliphatic carbocycles. The summed E-state index contributed by atoms with van der Waals surface area (Å²) in [5, 5.41) is 34.5. The summed E-state index contributed by atoms with van der Waals surface area (Å²) in [5.74, 6) is 0.309. The number of allylic oxidation sites excluding steroid dienone is 1. The van der Waals surface area contributed by atoms with Crippen molar-refractivity contribution in [2.45, 2.75) is 160 Å². The van der Waals surface area contributed by atoms with Crippen LogP contribution in [0.15, 0.2) is 36.4 Å². The molecule has 0 bridgehead atoms. The summed E-state index contributed by atoms with van der Waals surface area (Å²) in [6.07, 6.45) is 14.6. The van der Waals surface area contributed by atoms with Crippen molar-refractivity contribution in [1.82, 2.24) is 5.32 Å². The first-order valence-corrected chi connectivity index (χ1v) is 23.1. The van der Waals surface area contributed by atoms with E-state index in [1.807, 2.05) is 13.1 Å². The number of carbonyl (C=O) groups excluding carboxylic acids is 1. The van der Waals surface area contributed by atoms with Crippen LogP contribution in [0.2, 0.25) is 18.1 Å². The Balaban J connectivity index is 2.13. The first-order valence-electron chi connectivity index (χ1n) is 20.2. The fourth-order valence-electron chi connectivity index (χ4n) is 6.30. The van der Waals surface area contributed by atoms with Crippen molar-refractivity contribution in [3.05, 3.63) is 42.0 Å². The molecule has 1 aromatic carbocycles. The van der Waals surface area contributed by atoms with Crippen molar-refractivity contribution in [1.29, 1.82) is 0 Å². The maximum absolute atomic E-state index is 13.9. The molecule has 1 aliphatic rings. The third kappa shape index (κ3) is 16.4. The van der Waals surface area contributed by atoms with Crippen molar-refractivity contribution in [3.8, 4) is 17.6 Å². The van der Waals surface area contributed by atoms with Crippen LogP contribution in [0.4, 0.5) is 0 Å². The number of hydrogen-bond acceptors (Lipinski definition) is 8. The predicted octanol–water partition coefficient (Wildman–Crippen LogP) is 8.04. The first kappa shape index (κ1) is 47.9. The van der Waals surface area contributed by atoms with Gasteiger partial charge in [0.1, 0.15) is 18.4 Å². The lowest BCUT2D eigenvalue weighted by atomic mass is 9.83. The molecule has 11 nitrogen and oxygen atoms in total. The first-order chi connectivity index (χ1) is 26.0. The zero-order valence-electron chi connectivity index (χ0n) is 34.5. The van der Waals surface area contributed by atoms with E-state index in [2.05, 4.69) is 44.9 Å². The molecule has 1 fully saturated rings. The van der Waals surface area contributed by atoms with E-state index in [0.717, 1.165) is 44.9 Å². The SMILES string of the molecule is CC#CCOc1ccc(C[C@H](NC(=O)[C@@H](/C=C/CCCCCCC2(CCCCCCC)OCCO2)[C@@](O)(CCO[Si](C)(C)C(C)(C)C)C(=O)O)C(=O)O)cc1. The number of benzene rings is 1. The minimum absolute atomic E-state index is 0.0667. The Morgan fingerprint density at radius 2 is 1.56 bits per heavy atom. The number of carboxylic acid groups (broad SMARTS) is 2. The fourth-order valence-corrected chi connectivity index (χ4v) is 7.34. The van der Waals surface area contributed by atoms with E-state index in [9.17, 15) is 29.7 Å². The largest absolute Gasteiger partial charge is 0.481 e. The van der Waals surface area contributed by atoms with E-state index in [1.54, 1.807) is 37.3 Å². The lowest BCUT2D eigenvalue weighted by molar-refractivity contribution is -0.168. The zero-order chi connectivity index (χ0) is 41.0. The normalized spacial score (nSPS) is 16.5. The molecule has 0 unspecified atom stereocenters. The summed E-state index contributed by atoms with van der Waals surface area (Å²) in [5.41, 5.74) is -1.92. The molecule has 0 aromatic heterocycles. The summed E-state index contributed by atoms with van der Waals surface area (Å²) in [7, 11) is -2.30. The molecular formula is C43H69NO10Si. The summed E-state index contributed by atoms with van der Waals surface area (Å²) >= 11 is 0. The second-order valence-corrected chi connectivity index (χ2v) is 21.0. The van der Waals surface area contributed by atoms with Crippen LogP contribution >= 0.6 is 0 Å². The van der Waals surface area contributed by atoms with Gasteiger partial charge in [-0.2, -0.15) is 0 Å². The molecule has 1 saturated heterocycles. The molecule has 1 aromatic rings. The van der Waals surface area contributed by atoms with Gasteiger partial charge in [-0.25, -0.2) is 9.59 Å². The molecule has 1 heterocycles. The summed E-state index contributed by atoms with van der Waals surface area (Å²) < 4.78 is 23.8. The summed E-state index contributed by atoms with van der Waals surface area (Å²) in [4.78, 5) is 39.0. The van der Waals surface area contributed by atoms with Gasteiger partial charge in [-0.05, 0) is 68.4 Å². The van der Waals surface area contributed by atoms with E-state index in [0.29, 0.717) is 30.9 Å². The van der Waals surface area contributed by atoms with Gasteiger partial charge in [-0.3, -0.25) is 4.79 Å². The maximum Gasteiger partial charge on any atom is 0.336 e. The molecule has 1 amide bonds. The Kier molecular flexibility index (Phi) is 20.7. The molecule has 0 spiro atoms. The minimum Gasteiger partial charge on any atom is -0.481 e. The number of amides is 1. The Labute approximate surface area is 331 Å². The maximum atomic E-state index is 13.9. The number of carbonyl (C=O) groups is 3. The van der Waals surface area contributed by atoms with Gasteiger partial charge in [0.25, 0.3) is 0 Å². The van der Waals surface area contributed by atoms with E-state index < -0.39 is 49.5 Å². The quantitative estimate of drug-likeness (QED) is 0.0297. The van der Waals surface area contributed by atoms with E-state index in [4.69, 9.17) is 18.6 Å². The molecule has 55 heavy (non-hydrogen) atoms. The van der Waals surface area contributed by atoms with Crippen LogP contribution in [0.5, 0.6) is 5.75 Å². The lowest BCUT2D eigenvalue weighted by Gasteiger charge is -2.37. The van der Waals surface area contributed by atoms with Gasteiger partial charge in [0.05, 0.1) is 19.1 Å². The molecular weight excluding hydrogens is 719 g/mol. The molecule has 310 valence electrons. The van der Waals surface area contributed by atoms with Crippen molar-refractivity contribution in [3.63, 3.8) is 0 Å². The third-order valence-electron chi connectivity index (χ3n) is 10.9. The van der Waals surface area contributed by atoms with Gasteiger partial charge in [0.15, 0.2) is 19.7 Å². The zero-order valence-corrected chi connectivity index (χ0v) is 35.5. The molecule has 3 atom stereocenters. The van der Waals surface area contributed by atoms with Crippen molar-refractivity contribution >= 4 is 26.2 Å². The number of ether oxygens (including phenoxy) is 3. The van der Waals surface area contributed by atoms with Crippen LogP contribution in [0.1, 0.15) is 124 Å². The van der Waals surface area contributed by atoms with Crippen molar-refractivity contribution < 1.29 is 48.3 Å². The number of hydrogen-bond donors (Lipinski definition) is 4. The highest BCUT2D eigenvalue weighted by Crippen LogP contribution is 2.37. The second-order valence-electron chi connectivity index (χ2n) is 16.2. The highest BCUT2D eigenvalue weighted by molar-refractivity contribution is 6.74. The van der Waals surface area contributed by atoms with Crippen LogP contribution in [0.3, 0.4) is 0 Å². The average Bonchev–Trinajstić information content (AvgIpc) is 3.59. The summed E-state index contributed by atoms with van der Waals surface area (Å²) in [6.45, 7) is 15.5. The van der Waals surface area contributed by atoms with Gasteiger partial charge in [-0.1, -0.05) is 96.4 Å². The smallest absolute Gasteiger partial charge is 0.336 e. The van der Waals surface area contributed by atoms with Crippen LogP contribution in [0.25, 0.3) is 0 Å². The Morgan fingerprint density at radius 1 is 0.964 bits per heavy atom. The Bertz CT molecular complexity index is 1400. The number of aliphatic carboxylic acids is 2. The predicted molar refractivity (Wildman–Crippen MR) is 217 cm³/mol. The topological polar surface area (TPSA) is 161 Å². The van der Waals surface area contributed by atoms with E-state index in [-0.39, 0.29) is 31.1 Å². The van der Waals surface area contributed by atoms with Gasteiger partial charge < -0.3 is 39.3 Å². The third-order valence-corrected chi connectivity index (χ3v) is 15.4. The standard InChI is InChI=1S/C43H69NO10Si/c1-8-10-12-16-19-26-42(52-31-32-53-42)27-20-17-14-13-15-18-21-36(43(50,40(48)49)28-30-54-55(6,7)41(3,4)5)38(45)44-37(39(46)47)33-34-22-24-35(25-23-34)51-29-11-9-2/h18,21-25,36-37,50H,8,10,12-17,19-20,26-33H2,1-7H3,(H,44,45)(H,46,47)(H,48,49)/b21-18+/t36-,37+,43+/m1/s1. The van der Waals surface area contributed by atoms with Crippen LogP contribution in [0, 0.1) is 17.8 Å². The van der Waals surface area contributed by atoms with Gasteiger partial charge in [0, 0.05) is 32.3 Å². The highest BCUT2D eigenvalue weighted by Gasteiger charge is 2.48. The minimum atomic E-state index is -2.54. The van der Waals surface area contributed by atoms with Crippen molar-refractivity contribution in [2.75, 3.05) is 26.4 Å². The Morgan fingerprint density at radius 3 is 2.11 bits per heavy atom. The van der Waals surface area contributed by atoms with Crippen LogP contribution < -0.4 is 10.1 Å². The monoisotopic (exact) mass is 787 g/mol. The van der Waals surface area contributed by atoms with Crippen LogP contribution in [-0.2, 0) is 34.7 Å². The molecule has 1 aliphatic heterocycles. The highest BCUT2D eigenvalue weighted by atomic mass is 28.4.